The van der Waals surface area contributed by atoms with Gasteiger partial charge in [-0.3, -0.25) is 0 Å². The second kappa shape index (κ2) is 5.92. The maximum absolute atomic E-state index is 8.85. The van der Waals surface area contributed by atoms with E-state index >= 15 is 0 Å². The van der Waals surface area contributed by atoms with Gasteiger partial charge in [0.15, 0.2) is 0 Å². The molecule has 1 aromatic carbocycles. The van der Waals surface area contributed by atoms with Crippen LogP contribution in [0.3, 0.4) is 0 Å². The van der Waals surface area contributed by atoms with E-state index in [0.29, 0.717) is 6.54 Å². The number of aryl methyl sites for hydroxylation is 1. The van der Waals surface area contributed by atoms with Crippen molar-refractivity contribution in [3.63, 3.8) is 0 Å². The van der Waals surface area contributed by atoms with Gasteiger partial charge in [-0.15, -0.1) is 0 Å². The molecule has 17 heavy (non-hydrogen) atoms. The Kier molecular flexibility index (Phi) is 4.82. The number of aliphatic hydroxyl groups excluding tert-OH is 1. The van der Waals surface area contributed by atoms with Gasteiger partial charge in [0, 0.05) is 13.1 Å². The molecule has 3 N–H and O–H groups in total. The Morgan fingerprint density at radius 2 is 1.82 bits per heavy atom. The number of nitrogens with one attached hydrogen (secondary N) is 2. The van der Waals surface area contributed by atoms with E-state index in [-0.39, 0.29) is 12.0 Å². The summed E-state index contributed by atoms with van der Waals surface area (Å²) < 4.78 is 0. The summed E-state index contributed by atoms with van der Waals surface area (Å²) in [5.74, 6) is 0. The van der Waals surface area contributed by atoms with Gasteiger partial charge < -0.3 is 15.7 Å². The highest BCUT2D eigenvalue weighted by atomic mass is 16.3. The molecule has 0 fully saturated rings. The third-order valence-corrected chi connectivity index (χ3v) is 2.41. The van der Waals surface area contributed by atoms with Crippen LogP contribution in [-0.4, -0.2) is 24.8 Å². The van der Waals surface area contributed by atoms with Crippen molar-refractivity contribution < 1.29 is 5.11 Å². The number of benzene rings is 1. The standard InChI is InChI=1S/C14H24N2O/c1-11-5-6-12(15-7-8-17)13(9-11)16-10-14(2,3)4/h5-6,9,15-17H,7-8,10H2,1-4H3. The summed E-state index contributed by atoms with van der Waals surface area (Å²) >= 11 is 0. The lowest BCUT2D eigenvalue weighted by Gasteiger charge is -2.22. The number of aliphatic hydroxyl groups is 1. The van der Waals surface area contributed by atoms with Crippen molar-refractivity contribution in [2.45, 2.75) is 27.7 Å². The average molecular weight is 236 g/mol. The van der Waals surface area contributed by atoms with Crippen LogP contribution < -0.4 is 10.6 Å². The third kappa shape index (κ3) is 5.09. The van der Waals surface area contributed by atoms with Gasteiger partial charge >= 0.3 is 0 Å². The van der Waals surface area contributed by atoms with Gasteiger partial charge in [-0.2, -0.15) is 0 Å². The van der Waals surface area contributed by atoms with Gasteiger partial charge in [0.2, 0.25) is 0 Å². The predicted molar refractivity (Wildman–Crippen MR) is 74.7 cm³/mol. The Bertz CT molecular complexity index is 356. The first-order valence-corrected chi connectivity index (χ1v) is 6.11. The van der Waals surface area contributed by atoms with Gasteiger partial charge in [0.05, 0.1) is 18.0 Å². The van der Waals surface area contributed by atoms with Crippen LogP contribution in [0, 0.1) is 12.3 Å². The highest BCUT2D eigenvalue weighted by Gasteiger charge is 2.11. The van der Waals surface area contributed by atoms with Crippen molar-refractivity contribution in [2.24, 2.45) is 5.41 Å². The van der Waals surface area contributed by atoms with Crippen molar-refractivity contribution in [3.05, 3.63) is 23.8 Å². The van der Waals surface area contributed by atoms with E-state index in [9.17, 15) is 0 Å². The Balaban J connectivity index is 2.76. The topological polar surface area (TPSA) is 44.3 Å². The van der Waals surface area contributed by atoms with Gasteiger partial charge in [-0.05, 0) is 30.0 Å². The fourth-order valence-electron chi connectivity index (χ4n) is 1.51. The fraction of sp³-hybridized carbons (Fsp3) is 0.571. The first kappa shape index (κ1) is 13.8. The van der Waals surface area contributed by atoms with Gasteiger partial charge in [0.1, 0.15) is 0 Å². The highest BCUT2D eigenvalue weighted by molar-refractivity contribution is 5.69. The van der Waals surface area contributed by atoms with Crippen molar-refractivity contribution in [2.75, 3.05) is 30.3 Å². The van der Waals surface area contributed by atoms with Crippen LogP contribution in [-0.2, 0) is 0 Å². The quantitative estimate of drug-likeness (QED) is 0.736. The van der Waals surface area contributed by atoms with Crippen LogP contribution in [0.25, 0.3) is 0 Å². The van der Waals surface area contributed by atoms with Crippen LogP contribution in [0.4, 0.5) is 11.4 Å². The Morgan fingerprint density at radius 3 is 2.41 bits per heavy atom. The molecular weight excluding hydrogens is 212 g/mol. The smallest absolute Gasteiger partial charge is 0.0604 e. The second-order valence-electron chi connectivity index (χ2n) is 5.61. The lowest BCUT2D eigenvalue weighted by Crippen LogP contribution is -2.20. The summed E-state index contributed by atoms with van der Waals surface area (Å²) in [7, 11) is 0. The lowest BCUT2D eigenvalue weighted by molar-refractivity contribution is 0.311. The molecular formula is C14H24N2O. The summed E-state index contributed by atoms with van der Waals surface area (Å²) in [4.78, 5) is 0. The molecule has 1 aromatic rings. The first-order valence-electron chi connectivity index (χ1n) is 6.11. The molecule has 0 spiro atoms. The van der Waals surface area contributed by atoms with E-state index < -0.39 is 0 Å². The Hall–Kier alpha value is -1.22. The van der Waals surface area contributed by atoms with Gasteiger partial charge in [-0.1, -0.05) is 26.8 Å². The second-order valence-corrected chi connectivity index (χ2v) is 5.61. The molecule has 0 aromatic heterocycles. The van der Waals surface area contributed by atoms with E-state index in [1.807, 2.05) is 0 Å². The molecule has 0 amide bonds. The summed E-state index contributed by atoms with van der Waals surface area (Å²) in [6, 6.07) is 6.25. The number of rotatable bonds is 5. The molecule has 0 aliphatic carbocycles. The molecule has 0 aliphatic heterocycles. The largest absolute Gasteiger partial charge is 0.395 e. The SMILES string of the molecule is Cc1ccc(NCCO)c(NCC(C)(C)C)c1. The van der Waals surface area contributed by atoms with Crippen molar-refractivity contribution in [1.29, 1.82) is 0 Å². The van der Waals surface area contributed by atoms with Crippen molar-refractivity contribution in [3.8, 4) is 0 Å². The summed E-state index contributed by atoms with van der Waals surface area (Å²) in [6.07, 6.45) is 0. The van der Waals surface area contributed by atoms with Gasteiger partial charge in [0.25, 0.3) is 0 Å². The fourth-order valence-corrected chi connectivity index (χ4v) is 1.51. The zero-order valence-corrected chi connectivity index (χ0v) is 11.3. The Morgan fingerprint density at radius 1 is 1.12 bits per heavy atom. The minimum absolute atomic E-state index is 0.145. The molecule has 0 unspecified atom stereocenters. The summed E-state index contributed by atoms with van der Waals surface area (Å²) in [5, 5.41) is 15.5. The maximum Gasteiger partial charge on any atom is 0.0604 e. The molecule has 0 radical (unpaired) electrons. The summed E-state index contributed by atoms with van der Waals surface area (Å²) in [6.45, 7) is 10.3. The molecule has 0 saturated heterocycles. The molecule has 0 bridgehead atoms. The Labute approximate surface area is 104 Å². The zero-order chi connectivity index (χ0) is 12.9. The van der Waals surface area contributed by atoms with Crippen LogP contribution in [0.2, 0.25) is 0 Å². The molecule has 1 rings (SSSR count). The monoisotopic (exact) mass is 236 g/mol. The molecule has 0 aliphatic rings. The van der Waals surface area contributed by atoms with E-state index in [4.69, 9.17) is 5.11 Å². The first-order chi connectivity index (χ1) is 7.92. The predicted octanol–water partition coefficient (Wildman–Crippen LogP) is 2.86. The number of hydrogen-bond donors (Lipinski definition) is 3. The highest BCUT2D eigenvalue weighted by Crippen LogP contribution is 2.24. The van der Waals surface area contributed by atoms with Crippen LogP contribution in [0.1, 0.15) is 26.3 Å². The van der Waals surface area contributed by atoms with Crippen LogP contribution in [0.15, 0.2) is 18.2 Å². The van der Waals surface area contributed by atoms with E-state index in [1.165, 1.54) is 5.56 Å². The van der Waals surface area contributed by atoms with Crippen molar-refractivity contribution >= 4 is 11.4 Å². The minimum atomic E-state index is 0.145. The molecule has 96 valence electrons. The zero-order valence-electron chi connectivity index (χ0n) is 11.3. The molecule has 0 atom stereocenters. The number of anilines is 2. The normalized spacial score (nSPS) is 11.4. The average Bonchev–Trinajstić information content (AvgIpc) is 2.24. The van der Waals surface area contributed by atoms with E-state index in [1.54, 1.807) is 0 Å². The minimum Gasteiger partial charge on any atom is -0.395 e. The van der Waals surface area contributed by atoms with E-state index in [0.717, 1.165) is 17.9 Å². The molecule has 3 heteroatoms. The van der Waals surface area contributed by atoms with Crippen LogP contribution in [0.5, 0.6) is 0 Å². The lowest BCUT2D eigenvalue weighted by atomic mass is 9.97. The number of hydrogen-bond acceptors (Lipinski definition) is 3. The van der Waals surface area contributed by atoms with Crippen molar-refractivity contribution in [1.82, 2.24) is 0 Å². The molecule has 0 heterocycles. The molecule has 3 nitrogen and oxygen atoms in total. The summed E-state index contributed by atoms with van der Waals surface area (Å²) in [5.41, 5.74) is 3.64. The van der Waals surface area contributed by atoms with Gasteiger partial charge in [-0.25, -0.2) is 0 Å². The third-order valence-electron chi connectivity index (χ3n) is 2.41. The van der Waals surface area contributed by atoms with E-state index in [2.05, 4.69) is 56.5 Å². The van der Waals surface area contributed by atoms with Crippen LogP contribution >= 0.6 is 0 Å². The maximum atomic E-state index is 8.85. The molecule has 0 saturated carbocycles.